The van der Waals surface area contributed by atoms with Gasteiger partial charge in [-0.3, -0.25) is 4.98 Å². The molecular formula is C22H19Cl2FN4O2. The van der Waals surface area contributed by atoms with E-state index in [1.54, 1.807) is 43.8 Å². The van der Waals surface area contributed by atoms with Gasteiger partial charge in [0.15, 0.2) is 11.5 Å². The first-order chi connectivity index (χ1) is 14.6. The van der Waals surface area contributed by atoms with Crippen LogP contribution in [0.15, 0.2) is 61.2 Å². The molecule has 0 aliphatic rings. The normalized spacial score (nSPS) is 10.4. The largest absolute Gasteiger partial charge is 0.493 e. The molecular weight excluding hydrogens is 442 g/mol. The van der Waals surface area contributed by atoms with Crippen molar-refractivity contribution in [3.8, 4) is 11.5 Å². The number of aromatic nitrogens is 3. The van der Waals surface area contributed by atoms with Gasteiger partial charge in [0, 0.05) is 35.3 Å². The summed E-state index contributed by atoms with van der Waals surface area (Å²) in [6, 6.07) is 11.8. The molecule has 2 heterocycles. The summed E-state index contributed by atoms with van der Waals surface area (Å²) in [6.07, 6.45) is 5.64. The van der Waals surface area contributed by atoms with Gasteiger partial charge in [0.2, 0.25) is 0 Å². The zero-order valence-electron chi connectivity index (χ0n) is 16.5. The molecule has 0 radical (unpaired) electrons. The van der Waals surface area contributed by atoms with Gasteiger partial charge in [-0.15, -0.1) is 12.4 Å². The van der Waals surface area contributed by atoms with Gasteiger partial charge in [-0.25, -0.2) is 14.4 Å². The van der Waals surface area contributed by atoms with Crippen LogP contribution in [-0.2, 0) is 6.42 Å². The van der Waals surface area contributed by atoms with E-state index in [-0.39, 0.29) is 18.1 Å². The number of benzene rings is 2. The molecule has 0 amide bonds. The quantitative estimate of drug-likeness (QED) is 0.386. The second-order valence-corrected chi connectivity index (χ2v) is 6.88. The van der Waals surface area contributed by atoms with E-state index >= 15 is 0 Å². The fourth-order valence-electron chi connectivity index (χ4n) is 2.98. The SMILES string of the molecule is COc1cc2c(Nc3ccc(Cl)cc3F)ncnc2cc1OCCc1ccncc1.Cl. The molecule has 0 spiro atoms. The number of nitrogens with one attached hydrogen (secondary N) is 1. The van der Waals surface area contributed by atoms with E-state index in [0.29, 0.717) is 39.8 Å². The van der Waals surface area contributed by atoms with Crippen molar-refractivity contribution in [1.29, 1.82) is 0 Å². The maximum atomic E-state index is 14.2. The molecule has 6 nitrogen and oxygen atoms in total. The lowest BCUT2D eigenvalue weighted by atomic mass is 10.2. The number of hydrogen-bond donors (Lipinski definition) is 1. The molecule has 160 valence electrons. The summed E-state index contributed by atoms with van der Waals surface area (Å²) in [6.45, 7) is 0.470. The Morgan fingerprint density at radius 2 is 1.84 bits per heavy atom. The van der Waals surface area contributed by atoms with Gasteiger partial charge in [0.1, 0.15) is 18.0 Å². The van der Waals surface area contributed by atoms with Crippen molar-refractivity contribution < 1.29 is 13.9 Å². The highest BCUT2D eigenvalue weighted by Gasteiger charge is 2.13. The Hall–Kier alpha value is -3.16. The molecule has 0 bridgehead atoms. The molecule has 0 saturated carbocycles. The molecule has 1 N–H and O–H groups in total. The number of ether oxygens (including phenoxy) is 2. The standard InChI is InChI=1S/C22H18ClFN4O2.ClH/c1-29-20-11-16-19(12-21(20)30-9-6-14-4-7-25-8-5-14)26-13-27-22(16)28-18-3-2-15(23)10-17(18)24;/h2-5,7-8,10-13H,6,9H2,1H3,(H,26,27,28);1H. The van der Waals surface area contributed by atoms with Crippen LogP contribution in [0, 0.1) is 5.82 Å². The lowest BCUT2D eigenvalue weighted by molar-refractivity contribution is 0.298. The van der Waals surface area contributed by atoms with Crippen molar-refractivity contribution in [2.45, 2.75) is 6.42 Å². The van der Waals surface area contributed by atoms with Crippen molar-refractivity contribution in [3.05, 3.63) is 77.6 Å². The van der Waals surface area contributed by atoms with Crippen molar-refractivity contribution in [1.82, 2.24) is 15.0 Å². The summed E-state index contributed by atoms with van der Waals surface area (Å²) in [5.41, 5.74) is 2.03. The van der Waals surface area contributed by atoms with Crippen LogP contribution in [0.3, 0.4) is 0 Å². The van der Waals surface area contributed by atoms with Gasteiger partial charge in [-0.05, 0) is 42.0 Å². The van der Waals surface area contributed by atoms with Gasteiger partial charge in [0.25, 0.3) is 0 Å². The zero-order chi connectivity index (χ0) is 20.9. The number of methoxy groups -OCH3 is 1. The first-order valence-corrected chi connectivity index (χ1v) is 9.58. The molecule has 0 unspecified atom stereocenters. The number of hydrogen-bond acceptors (Lipinski definition) is 6. The van der Waals surface area contributed by atoms with Crippen LogP contribution in [-0.4, -0.2) is 28.7 Å². The highest BCUT2D eigenvalue weighted by Crippen LogP contribution is 2.35. The minimum absolute atomic E-state index is 0. The monoisotopic (exact) mass is 460 g/mol. The highest BCUT2D eigenvalue weighted by molar-refractivity contribution is 6.30. The maximum absolute atomic E-state index is 14.2. The Balaban J connectivity index is 0.00000272. The van der Waals surface area contributed by atoms with Crippen molar-refractivity contribution >= 4 is 46.4 Å². The molecule has 0 aliphatic heterocycles. The molecule has 2 aromatic heterocycles. The summed E-state index contributed by atoms with van der Waals surface area (Å²) in [4.78, 5) is 12.6. The number of halogens is 3. The van der Waals surface area contributed by atoms with Gasteiger partial charge >= 0.3 is 0 Å². The van der Waals surface area contributed by atoms with E-state index in [1.165, 1.54) is 12.4 Å². The topological polar surface area (TPSA) is 69.2 Å². The molecule has 9 heteroatoms. The van der Waals surface area contributed by atoms with E-state index in [1.807, 2.05) is 12.1 Å². The van der Waals surface area contributed by atoms with E-state index in [0.717, 1.165) is 12.0 Å². The Labute approximate surface area is 189 Å². The second kappa shape index (κ2) is 10.2. The fraction of sp³-hybridized carbons (Fsp3) is 0.136. The number of rotatable bonds is 7. The number of pyridine rings is 1. The Bertz CT molecular complexity index is 1180. The van der Waals surface area contributed by atoms with Crippen LogP contribution in [0.2, 0.25) is 5.02 Å². The minimum atomic E-state index is -0.475. The molecule has 0 saturated heterocycles. The van der Waals surface area contributed by atoms with Crippen LogP contribution in [0.5, 0.6) is 11.5 Å². The van der Waals surface area contributed by atoms with Gasteiger partial charge in [-0.2, -0.15) is 0 Å². The molecule has 4 rings (SSSR count). The van der Waals surface area contributed by atoms with E-state index in [9.17, 15) is 4.39 Å². The van der Waals surface area contributed by atoms with Gasteiger partial charge in [-0.1, -0.05) is 11.6 Å². The molecule has 4 aromatic rings. The van der Waals surface area contributed by atoms with Crippen LogP contribution in [0.4, 0.5) is 15.9 Å². The predicted octanol–water partition coefficient (Wildman–Crippen LogP) is 5.61. The molecule has 0 fully saturated rings. The summed E-state index contributed by atoms with van der Waals surface area (Å²) in [5.74, 6) is 1.08. The number of fused-ring (bicyclic) bond motifs is 1. The smallest absolute Gasteiger partial charge is 0.163 e. The Morgan fingerprint density at radius 1 is 1.03 bits per heavy atom. The van der Waals surface area contributed by atoms with Crippen LogP contribution in [0.1, 0.15) is 5.56 Å². The summed E-state index contributed by atoms with van der Waals surface area (Å²) < 4.78 is 25.6. The first kappa shape index (κ1) is 22.5. The summed E-state index contributed by atoms with van der Waals surface area (Å²) in [5, 5.41) is 3.98. The molecule has 0 aliphatic carbocycles. The van der Waals surface area contributed by atoms with E-state index in [2.05, 4.69) is 20.3 Å². The average Bonchev–Trinajstić information content (AvgIpc) is 2.76. The summed E-state index contributed by atoms with van der Waals surface area (Å²) in [7, 11) is 1.56. The summed E-state index contributed by atoms with van der Waals surface area (Å²) >= 11 is 5.83. The predicted molar refractivity (Wildman–Crippen MR) is 121 cm³/mol. The van der Waals surface area contributed by atoms with Crippen LogP contribution in [0.25, 0.3) is 10.9 Å². The first-order valence-electron chi connectivity index (χ1n) is 9.20. The Kier molecular flexibility index (Phi) is 7.44. The van der Waals surface area contributed by atoms with E-state index in [4.69, 9.17) is 21.1 Å². The highest BCUT2D eigenvalue weighted by atomic mass is 35.5. The van der Waals surface area contributed by atoms with Crippen LogP contribution < -0.4 is 14.8 Å². The van der Waals surface area contributed by atoms with Gasteiger partial charge in [0.05, 0.1) is 24.9 Å². The third-order valence-electron chi connectivity index (χ3n) is 4.50. The zero-order valence-corrected chi connectivity index (χ0v) is 18.1. The minimum Gasteiger partial charge on any atom is -0.493 e. The molecule has 31 heavy (non-hydrogen) atoms. The second-order valence-electron chi connectivity index (χ2n) is 6.45. The van der Waals surface area contributed by atoms with Gasteiger partial charge < -0.3 is 14.8 Å². The molecule has 2 aromatic carbocycles. The van der Waals surface area contributed by atoms with Crippen LogP contribution >= 0.6 is 24.0 Å². The fourth-order valence-corrected chi connectivity index (χ4v) is 3.14. The van der Waals surface area contributed by atoms with E-state index < -0.39 is 5.82 Å². The lowest BCUT2D eigenvalue weighted by Gasteiger charge is -2.14. The maximum Gasteiger partial charge on any atom is 0.163 e. The average molecular weight is 461 g/mol. The third-order valence-corrected chi connectivity index (χ3v) is 4.74. The van der Waals surface area contributed by atoms with Crippen molar-refractivity contribution in [2.24, 2.45) is 0 Å². The third kappa shape index (κ3) is 5.31. The molecule has 0 atom stereocenters. The number of nitrogens with zero attached hydrogens (tertiary/aromatic N) is 3. The lowest BCUT2D eigenvalue weighted by Crippen LogP contribution is -2.04. The van der Waals surface area contributed by atoms with Crippen molar-refractivity contribution in [2.75, 3.05) is 19.0 Å². The number of anilines is 2. The van der Waals surface area contributed by atoms with Crippen molar-refractivity contribution in [3.63, 3.8) is 0 Å². The Morgan fingerprint density at radius 3 is 2.58 bits per heavy atom.